The maximum Gasteiger partial charge on any atom is 0.182 e. The van der Waals surface area contributed by atoms with Crippen molar-refractivity contribution in [3.63, 3.8) is 0 Å². The van der Waals surface area contributed by atoms with Gasteiger partial charge in [0, 0.05) is 14.2 Å². The van der Waals surface area contributed by atoms with E-state index in [9.17, 15) is 0 Å². The minimum absolute atomic E-state index is 0.851. The van der Waals surface area contributed by atoms with E-state index in [2.05, 4.69) is 0 Å². The molecule has 1 aliphatic heterocycles. The Balaban J connectivity index is 2.40. The van der Waals surface area contributed by atoms with Gasteiger partial charge in [0.25, 0.3) is 0 Å². The van der Waals surface area contributed by atoms with Gasteiger partial charge in [-0.2, -0.15) is 0 Å². The lowest BCUT2D eigenvalue weighted by atomic mass is 10.1. The summed E-state index contributed by atoms with van der Waals surface area (Å²) in [7, 11) is 3.56. The number of hydrogen-bond donors (Lipinski definition) is 0. The van der Waals surface area contributed by atoms with Crippen molar-refractivity contribution in [1.82, 2.24) is 0 Å². The van der Waals surface area contributed by atoms with Gasteiger partial charge in [-0.3, -0.25) is 4.48 Å². The van der Waals surface area contributed by atoms with E-state index in [1.807, 2.05) is 0 Å². The molecule has 0 unspecified atom stereocenters. The second-order valence-electron chi connectivity index (χ2n) is 3.98. The van der Waals surface area contributed by atoms with Crippen molar-refractivity contribution >= 4 is 0 Å². The summed E-state index contributed by atoms with van der Waals surface area (Å²) in [6.45, 7) is 5.32. The molecule has 1 saturated heterocycles. The molecular weight excluding hydrogens is 166 g/mol. The number of piperidine rings is 1. The maximum absolute atomic E-state index is 5.30. The van der Waals surface area contributed by atoms with E-state index in [1.165, 1.54) is 32.4 Å². The first-order valence-electron chi connectivity index (χ1n) is 5.16. The number of nitrogens with zero attached hydrogens (tertiary/aromatic N) is 1. The summed E-state index contributed by atoms with van der Waals surface area (Å²) < 4.78 is 11.5. The predicted octanol–water partition coefficient (Wildman–Crippen LogP) is 1.24. The van der Waals surface area contributed by atoms with Gasteiger partial charge in [0.05, 0.1) is 19.7 Å². The van der Waals surface area contributed by atoms with E-state index < -0.39 is 0 Å². The zero-order valence-electron chi connectivity index (χ0n) is 8.92. The van der Waals surface area contributed by atoms with E-state index in [0.29, 0.717) is 0 Å². The Hall–Kier alpha value is -0.120. The fourth-order valence-electron chi connectivity index (χ4n) is 2.16. The highest BCUT2D eigenvalue weighted by Gasteiger charge is 2.28. The molecule has 0 aromatic heterocycles. The van der Waals surface area contributed by atoms with Gasteiger partial charge in [-0.15, -0.1) is 0 Å². The second kappa shape index (κ2) is 5.58. The first-order chi connectivity index (χ1) is 6.33. The molecule has 0 saturated carbocycles. The summed E-state index contributed by atoms with van der Waals surface area (Å²) in [6, 6.07) is 0. The molecular formula is C10H22NO2+. The molecule has 0 aliphatic carbocycles. The van der Waals surface area contributed by atoms with Crippen LogP contribution in [0.1, 0.15) is 19.3 Å². The standard InChI is InChI=1S/C10H22NO2/c1-12-9-8-11(10-13-2)6-4-3-5-7-11/h3-10H2,1-2H3/q+1. The van der Waals surface area contributed by atoms with Crippen molar-refractivity contribution in [1.29, 1.82) is 0 Å². The van der Waals surface area contributed by atoms with E-state index in [-0.39, 0.29) is 0 Å². The molecule has 0 radical (unpaired) electrons. The number of ether oxygens (including phenoxy) is 2. The lowest BCUT2D eigenvalue weighted by molar-refractivity contribution is -0.949. The van der Waals surface area contributed by atoms with Crippen LogP contribution in [0.25, 0.3) is 0 Å². The second-order valence-corrected chi connectivity index (χ2v) is 3.98. The fraction of sp³-hybridized carbons (Fsp3) is 1.00. The van der Waals surface area contributed by atoms with E-state index in [1.54, 1.807) is 14.2 Å². The Kier molecular flexibility index (Phi) is 4.70. The molecule has 0 aromatic rings. The molecule has 1 rings (SSSR count). The Morgan fingerprint density at radius 1 is 1.00 bits per heavy atom. The average Bonchev–Trinajstić information content (AvgIpc) is 2.17. The highest BCUT2D eigenvalue weighted by Crippen LogP contribution is 2.18. The molecule has 0 atom stereocenters. The van der Waals surface area contributed by atoms with Crippen molar-refractivity contribution in [2.75, 3.05) is 47.2 Å². The van der Waals surface area contributed by atoms with Crippen molar-refractivity contribution in [2.45, 2.75) is 19.3 Å². The highest BCUT2D eigenvalue weighted by molar-refractivity contribution is 4.52. The largest absolute Gasteiger partial charge is 0.379 e. The van der Waals surface area contributed by atoms with Gasteiger partial charge in [0.2, 0.25) is 0 Å². The molecule has 1 fully saturated rings. The summed E-state index contributed by atoms with van der Waals surface area (Å²) >= 11 is 0. The first-order valence-corrected chi connectivity index (χ1v) is 5.16. The summed E-state index contributed by atoms with van der Waals surface area (Å²) in [6.07, 6.45) is 4.07. The van der Waals surface area contributed by atoms with E-state index in [4.69, 9.17) is 9.47 Å². The van der Waals surface area contributed by atoms with E-state index in [0.717, 1.165) is 24.4 Å². The first kappa shape index (κ1) is 11.0. The molecule has 13 heavy (non-hydrogen) atoms. The third-order valence-electron chi connectivity index (χ3n) is 2.94. The van der Waals surface area contributed by atoms with Gasteiger partial charge in [-0.05, 0) is 19.3 Å². The third-order valence-corrected chi connectivity index (χ3v) is 2.94. The van der Waals surface area contributed by atoms with Crippen LogP contribution in [0, 0.1) is 0 Å². The molecule has 0 amide bonds. The number of methoxy groups -OCH3 is 2. The zero-order valence-corrected chi connectivity index (χ0v) is 8.92. The minimum Gasteiger partial charge on any atom is -0.379 e. The molecule has 0 aromatic carbocycles. The Bertz CT molecular complexity index is 127. The van der Waals surface area contributed by atoms with Crippen LogP contribution in [-0.2, 0) is 9.47 Å². The highest BCUT2D eigenvalue weighted by atomic mass is 16.5. The van der Waals surface area contributed by atoms with Crippen molar-refractivity contribution in [3.8, 4) is 0 Å². The van der Waals surface area contributed by atoms with Gasteiger partial charge in [0.1, 0.15) is 6.54 Å². The van der Waals surface area contributed by atoms with Crippen LogP contribution in [0.4, 0.5) is 0 Å². The van der Waals surface area contributed by atoms with Gasteiger partial charge in [-0.25, -0.2) is 0 Å². The Labute approximate surface area is 81.2 Å². The molecule has 3 heteroatoms. The van der Waals surface area contributed by atoms with Gasteiger partial charge >= 0.3 is 0 Å². The van der Waals surface area contributed by atoms with Crippen molar-refractivity contribution in [2.24, 2.45) is 0 Å². The van der Waals surface area contributed by atoms with Crippen LogP contribution in [0.2, 0.25) is 0 Å². The fourth-order valence-corrected chi connectivity index (χ4v) is 2.16. The molecule has 78 valence electrons. The van der Waals surface area contributed by atoms with Crippen LogP contribution in [-0.4, -0.2) is 51.7 Å². The van der Waals surface area contributed by atoms with Crippen LogP contribution >= 0.6 is 0 Å². The predicted molar refractivity (Wildman–Crippen MR) is 52.5 cm³/mol. The number of hydrogen-bond acceptors (Lipinski definition) is 2. The van der Waals surface area contributed by atoms with Crippen LogP contribution in [0.15, 0.2) is 0 Å². The van der Waals surface area contributed by atoms with Crippen LogP contribution < -0.4 is 0 Å². The molecule has 1 aliphatic rings. The SMILES string of the molecule is COCC[N+]1(COC)CCCCC1. The zero-order chi connectivity index (χ0) is 9.57. The summed E-state index contributed by atoms with van der Waals surface area (Å²) in [5.41, 5.74) is 0. The summed E-state index contributed by atoms with van der Waals surface area (Å²) in [5, 5.41) is 0. The third kappa shape index (κ3) is 3.25. The molecule has 0 N–H and O–H groups in total. The quantitative estimate of drug-likeness (QED) is 0.604. The van der Waals surface area contributed by atoms with Gasteiger partial charge in [-0.1, -0.05) is 0 Å². The maximum atomic E-state index is 5.30. The smallest absolute Gasteiger partial charge is 0.182 e. The summed E-state index contributed by atoms with van der Waals surface area (Å²) in [4.78, 5) is 0. The van der Waals surface area contributed by atoms with Crippen LogP contribution in [0.3, 0.4) is 0 Å². The minimum atomic E-state index is 0.851. The normalized spacial score (nSPS) is 21.7. The summed E-state index contributed by atoms with van der Waals surface area (Å²) in [5.74, 6) is 0. The number of rotatable bonds is 5. The van der Waals surface area contributed by atoms with Gasteiger partial charge in [0.15, 0.2) is 6.73 Å². The molecule has 0 spiro atoms. The average molecular weight is 188 g/mol. The molecule has 1 heterocycles. The molecule has 3 nitrogen and oxygen atoms in total. The monoisotopic (exact) mass is 188 g/mol. The lowest BCUT2D eigenvalue weighted by Gasteiger charge is -2.40. The van der Waals surface area contributed by atoms with Gasteiger partial charge < -0.3 is 9.47 Å². The van der Waals surface area contributed by atoms with Crippen molar-refractivity contribution in [3.05, 3.63) is 0 Å². The Morgan fingerprint density at radius 3 is 2.23 bits per heavy atom. The van der Waals surface area contributed by atoms with E-state index >= 15 is 0 Å². The number of quaternary nitrogens is 1. The molecule has 0 bridgehead atoms. The van der Waals surface area contributed by atoms with Crippen molar-refractivity contribution < 1.29 is 14.0 Å². The topological polar surface area (TPSA) is 18.5 Å². The Morgan fingerprint density at radius 2 is 1.69 bits per heavy atom. The number of likely N-dealkylation sites (tertiary alicyclic amines) is 1. The lowest BCUT2D eigenvalue weighted by Crippen LogP contribution is -2.54. The van der Waals surface area contributed by atoms with Crippen LogP contribution in [0.5, 0.6) is 0 Å².